The quantitative estimate of drug-likeness (QED) is 0.877. The minimum absolute atomic E-state index is 0.0744. The van der Waals surface area contributed by atoms with Crippen LogP contribution < -0.4 is 5.73 Å². The summed E-state index contributed by atoms with van der Waals surface area (Å²) in [6.45, 7) is 4.34. The highest BCUT2D eigenvalue weighted by molar-refractivity contribution is 7.89. The molecular weight excluding hydrogens is 240 g/mol. The number of furan rings is 1. The zero-order chi connectivity index (χ0) is 12.6. The van der Waals surface area contributed by atoms with E-state index in [2.05, 4.69) is 0 Å². The van der Waals surface area contributed by atoms with Crippen LogP contribution in [0.1, 0.15) is 24.4 Å². The highest BCUT2D eigenvalue weighted by Crippen LogP contribution is 2.28. The van der Waals surface area contributed by atoms with Crippen LogP contribution in [0.3, 0.4) is 0 Å². The molecule has 1 aliphatic rings. The van der Waals surface area contributed by atoms with Gasteiger partial charge in [-0.1, -0.05) is 0 Å². The fourth-order valence-electron chi connectivity index (χ4n) is 2.35. The minimum Gasteiger partial charge on any atom is -0.465 e. The Morgan fingerprint density at radius 3 is 2.76 bits per heavy atom. The van der Waals surface area contributed by atoms with Gasteiger partial charge in [0.1, 0.15) is 16.4 Å². The number of rotatable bonds is 3. The molecule has 0 aliphatic carbocycles. The average Bonchev–Trinajstić information content (AvgIpc) is 2.84. The first-order valence-electron chi connectivity index (χ1n) is 5.75. The van der Waals surface area contributed by atoms with Crippen molar-refractivity contribution < 1.29 is 12.8 Å². The first-order valence-corrected chi connectivity index (χ1v) is 7.19. The normalized spacial score (nSPS) is 22.2. The van der Waals surface area contributed by atoms with Crippen LogP contribution in [0.15, 0.2) is 15.4 Å². The average molecular weight is 258 g/mol. The molecule has 0 saturated carbocycles. The lowest BCUT2D eigenvalue weighted by Gasteiger charge is -2.22. The summed E-state index contributed by atoms with van der Waals surface area (Å²) in [7, 11) is -3.45. The van der Waals surface area contributed by atoms with Crippen molar-refractivity contribution in [3.8, 4) is 0 Å². The second-order valence-corrected chi connectivity index (χ2v) is 6.28. The molecule has 1 aromatic heterocycles. The molecule has 2 heterocycles. The first-order chi connectivity index (χ1) is 7.96. The maximum absolute atomic E-state index is 12.4. The van der Waals surface area contributed by atoms with E-state index in [-0.39, 0.29) is 10.9 Å². The van der Waals surface area contributed by atoms with E-state index in [0.717, 1.165) is 12.8 Å². The van der Waals surface area contributed by atoms with E-state index >= 15 is 0 Å². The van der Waals surface area contributed by atoms with Gasteiger partial charge in [-0.15, -0.1) is 0 Å². The number of aryl methyl sites for hydroxylation is 2. The van der Waals surface area contributed by atoms with Gasteiger partial charge in [0.2, 0.25) is 10.0 Å². The number of nitrogens with two attached hydrogens (primary N) is 1. The van der Waals surface area contributed by atoms with Crippen LogP contribution >= 0.6 is 0 Å². The number of hydrogen-bond acceptors (Lipinski definition) is 4. The van der Waals surface area contributed by atoms with Crippen molar-refractivity contribution in [3.05, 3.63) is 17.6 Å². The van der Waals surface area contributed by atoms with Crippen LogP contribution in [0.4, 0.5) is 0 Å². The van der Waals surface area contributed by atoms with E-state index < -0.39 is 10.0 Å². The third-order valence-corrected chi connectivity index (χ3v) is 5.24. The summed E-state index contributed by atoms with van der Waals surface area (Å²) in [6, 6.07) is 1.51. The molecular formula is C11H18N2O3S. The molecule has 2 N–H and O–H groups in total. The van der Waals surface area contributed by atoms with Gasteiger partial charge in [-0.2, -0.15) is 4.31 Å². The highest BCUT2D eigenvalue weighted by Gasteiger charge is 2.36. The number of sulfonamides is 1. The smallest absolute Gasteiger partial charge is 0.246 e. The molecule has 2 rings (SSSR count). The maximum Gasteiger partial charge on any atom is 0.246 e. The molecule has 1 fully saturated rings. The fourth-order valence-corrected chi connectivity index (χ4v) is 4.28. The number of nitrogens with zero attached hydrogens (tertiary/aromatic N) is 1. The van der Waals surface area contributed by atoms with E-state index in [1.54, 1.807) is 19.9 Å². The van der Waals surface area contributed by atoms with Gasteiger partial charge in [0.15, 0.2) is 0 Å². The van der Waals surface area contributed by atoms with E-state index in [1.165, 1.54) is 4.31 Å². The van der Waals surface area contributed by atoms with Crippen molar-refractivity contribution in [2.45, 2.75) is 37.6 Å². The largest absolute Gasteiger partial charge is 0.465 e. The zero-order valence-electron chi connectivity index (χ0n) is 10.1. The van der Waals surface area contributed by atoms with Gasteiger partial charge in [-0.05, 0) is 32.8 Å². The molecule has 6 heteroatoms. The topological polar surface area (TPSA) is 76.5 Å². The third kappa shape index (κ3) is 2.12. The van der Waals surface area contributed by atoms with Gasteiger partial charge in [-0.25, -0.2) is 8.42 Å². The molecule has 1 atom stereocenters. The van der Waals surface area contributed by atoms with Crippen LogP contribution in [-0.4, -0.2) is 31.9 Å². The molecule has 1 saturated heterocycles. The van der Waals surface area contributed by atoms with Gasteiger partial charge in [0.05, 0.1) is 0 Å². The van der Waals surface area contributed by atoms with Crippen LogP contribution in [0, 0.1) is 13.8 Å². The Morgan fingerprint density at radius 1 is 1.53 bits per heavy atom. The third-order valence-electron chi connectivity index (χ3n) is 3.18. The monoisotopic (exact) mass is 258 g/mol. The molecule has 1 unspecified atom stereocenters. The van der Waals surface area contributed by atoms with Crippen molar-refractivity contribution in [1.29, 1.82) is 0 Å². The Morgan fingerprint density at radius 2 is 2.24 bits per heavy atom. The molecule has 1 aliphatic heterocycles. The molecule has 0 aromatic carbocycles. The summed E-state index contributed by atoms with van der Waals surface area (Å²) < 4.78 is 31.7. The lowest BCUT2D eigenvalue weighted by Crippen LogP contribution is -2.39. The van der Waals surface area contributed by atoms with E-state index in [9.17, 15) is 8.42 Å². The predicted octanol–water partition coefficient (Wildman–Crippen LogP) is 1.01. The minimum atomic E-state index is -3.45. The summed E-state index contributed by atoms with van der Waals surface area (Å²) in [4.78, 5) is 0.273. The van der Waals surface area contributed by atoms with Crippen molar-refractivity contribution >= 4 is 10.0 Å². The highest BCUT2D eigenvalue weighted by atomic mass is 32.2. The fraction of sp³-hybridized carbons (Fsp3) is 0.636. The zero-order valence-corrected chi connectivity index (χ0v) is 11.0. The summed E-state index contributed by atoms with van der Waals surface area (Å²) in [5.41, 5.74) is 5.61. The lowest BCUT2D eigenvalue weighted by molar-refractivity contribution is 0.391. The molecule has 96 valence electrons. The predicted molar refractivity (Wildman–Crippen MR) is 64.2 cm³/mol. The Bertz CT molecular complexity index is 507. The van der Waals surface area contributed by atoms with Crippen molar-refractivity contribution in [2.75, 3.05) is 13.1 Å². The van der Waals surface area contributed by atoms with Gasteiger partial charge < -0.3 is 10.2 Å². The Balaban J connectivity index is 2.39. The van der Waals surface area contributed by atoms with Crippen LogP contribution in [0.5, 0.6) is 0 Å². The molecule has 0 radical (unpaired) electrons. The molecule has 0 spiro atoms. The standard InChI is InChI=1S/C11H18N2O3S/c1-8-6-11(9(2)16-8)17(14,15)13-5-3-4-10(13)7-12/h6,10H,3-5,7,12H2,1-2H3. The van der Waals surface area contributed by atoms with Crippen molar-refractivity contribution in [2.24, 2.45) is 5.73 Å². The second-order valence-electron chi connectivity index (χ2n) is 4.42. The SMILES string of the molecule is Cc1cc(S(=O)(=O)N2CCCC2CN)c(C)o1. The summed E-state index contributed by atoms with van der Waals surface area (Å²) >= 11 is 0. The van der Waals surface area contributed by atoms with E-state index in [4.69, 9.17) is 10.2 Å². The van der Waals surface area contributed by atoms with Gasteiger partial charge in [0.25, 0.3) is 0 Å². The first kappa shape index (κ1) is 12.6. The van der Waals surface area contributed by atoms with Gasteiger partial charge >= 0.3 is 0 Å². The molecule has 0 amide bonds. The van der Waals surface area contributed by atoms with Crippen LogP contribution in [0.2, 0.25) is 0 Å². The van der Waals surface area contributed by atoms with Gasteiger partial charge in [0, 0.05) is 19.1 Å². The molecule has 1 aromatic rings. The summed E-state index contributed by atoms with van der Waals surface area (Å²) in [6.07, 6.45) is 1.71. The van der Waals surface area contributed by atoms with E-state index in [0.29, 0.717) is 24.6 Å². The van der Waals surface area contributed by atoms with Crippen molar-refractivity contribution in [1.82, 2.24) is 4.31 Å². The number of hydrogen-bond donors (Lipinski definition) is 1. The molecule has 0 bridgehead atoms. The maximum atomic E-state index is 12.4. The van der Waals surface area contributed by atoms with Crippen LogP contribution in [0.25, 0.3) is 0 Å². The van der Waals surface area contributed by atoms with Crippen molar-refractivity contribution in [3.63, 3.8) is 0 Å². The van der Waals surface area contributed by atoms with E-state index in [1.807, 2.05) is 0 Å². The summed E-state index contributed by atoms with van der Waals surface area (Å²) in [5, 5.41) is 0. The Kier molecular flexibility index (Phi) is 3.29. The van der Waals surface area contributed by atoms with Gasteiger partial charge in [-0.3, -0.25) is 0 Å². The lowest BCUT2D eigenvalue weighted by atomic mass is 10.2. The Hall–Kier alpha value is -0.850. The second kappa shape index (κ2) is 4.44. The van der Waals surface area contributed by atoms with Crippen LogP contribution in [-0.2, 0) is 10.0 Å². The Labute approximate surface area is 102 Å². The molecule has 5 nitrogen and oxygen atoms in total. The summed E-state index contributed by atoms with van der Waals surface area (Å²) in [5.74, 6) is 1.06. The molecule has 17 heavy (non-hydrogen) atoms.